The van der Waals surface area contributed by atoms with E-state index in [1.807, 2.05) is 0 Å². The van der Waals surface area contributed by atoms with E-state index in [4.69, 9.17) is 4.42 Å². The third-order valence-electron chi connectivity index (χ3n) is 3.36. The zero-order valence-corrected chi connectivity index (χ0v) is 11.3. The molecule has 1 amide bonds. The molecule has 17 heavy (non-hydrogen) atoms. The second kappa shape index (κ2) is 5.23. The normalized spacial score (nSPS) is 24.6. The van der Waals surface area contributed by atoms with Crippen LogP contribution in [0.2, 0.25) is 0 Å². The fraction of sp³-hybridized carbons (Fsp3) is 0.583. The lowest BCUT2D eigenvalue weighted by Gasteiger charge is -2.35. The molecule has 0 aliphatic heterocycles. The summed E-state index contributed by atoms with van der Waals surface area (Å²) < 4.78 is 5.50. The van der Waals surface area contributed by atoms with Crippen molar-refractivity contribution >= 4 is 21.8 Å². The molecular weight excluding hydrogens is 286 g/mol. The zero-order chi connectivity index (χ0) is 12.4. The van der Waals surface area contributed by atoms with E-state index in [0.717, 1.165) is 25.7 Å². The van der Waals surface area contributed by atoms with Crippen molar-refractivity contribution in [1.29, 1.82) is 0 Å². The fourth-order valence-corrected chi connectivity index (χ4v) is 2.74. The zero-order valence-electron chi connectivity index (χ0n) is 9.73. The Hall–Kier alpha value is -0.810. The van der Waals surface area contributed by atoms with Gasteiger partial charge in [0.1, 0.15) is 0 Å². The van der Waals surface area contributed by atoms with E-state index in [-0.39, 0.29) is 11.9 Å². The van der Waals surface area contributed by atoms with Crippen LogP contribution in [-0.4, -0.2) is 35.1 Å². The Labute approximate surface area is 109 Å². The molecule has 0 radical (unpaired) electrons. The van der Waals surface area contributed by atoms with Gasteiger partial charge in [-0.2, -0.15) is 0 Å². The number of likely N-dealkylation sites (N-methyl/N-ethyl adjacent to an activating group) is 1. The molecular formula is C12H16BrNO3. The molecule has 4 nitrogen and oxygen atoms in total. The number of rotatable bonds is 2. The maximum absolute atomic E-state index is 12.2. The van der Waals surface area contributed by atoms with Crippen LogP contribution in [0.4, 0.5) is 0 Å². The lowest BCUT2D eigenvalue weighted by atomic mass is 9.91. The number of furan rings is 1. The number of amides is 1. The molecule has 1 aliphatic rings. The number of carbonyl (C=O) groups is 1. The summed E-state index contributed by atoms with van der Waals surface area (Å²) in [5.74, 6) is -0.114. The molecule has 94 valence electrons. The van der Waals surface area contributed by atoms with Crippen LogP contribution in [0.3, 0.4) is 0 Å². The number of hydrogen-bond acceptors (Lipinski definition) is 3. The molecule has 1 saturated carbocycles. The number of nitrogens with zero attached hydrogens (tertiary/aromatic N) is 1. The van der Waals surface area contributed by atoms with Gasteiger partial charge in [0.25, 0.3) is 5.91 Å². The second-order valence-corrected chi connectivity index (χ2v) is 5.16. The first-order valence-electron chi connectivity index (χ1n) is 5.79. The molecule has 0 bridgehead atoms. The molecule has 1 aromatic rings. The molecule has 5 heteroatoms. The van der Waals surface area contributed by atoms with Crippen molar-refractivity contribution in [2.24, 2.45) is 0 Å². The monoisotopic (exact) mass is 301 g/mol. The predicted octanol–water partition coefficient (Wildman–Crippen LogP) is 2.42. The van der Waals surface area contributed by atoms with Crippen LogP contribution in [0, 0.1) is 0 Å². The fourth-order valence-electron chi connectivity index (χ4n) is 2.33. The Morgan fingerprint density at radius 1 is 1.53 bits per heavy atom. The van der Waals surface area contributed by atoms with Crippen LogP contribution in [-0.2, 0) is 0 Å². The third-order valence-corrected chi connectivity index (χ3v) is 3.97. The average molecular weight is 302 g/mol. The van der Waals surface area contributed by atoms with Crippen LogP contribution in [0.1, 0.15) is 36.0 Å². The molecule has 1 fully saturated rings. The minimum atomic E-state index is -0.414. The van der Waals surface area contributed by atoms with Crippen molar-refractivity contribution < 1.29 is 14.3 Å². The van der Waals surface area contributed by atoms with Crippen LogP contribution < -0.4 is 0 Å². The van der Waals surface area contributed by atoms with Gasteiger partial charge in [-0.3, -0.25) is 4.79 Å². The summed E-state index contributed by atoms with van der Waals surface area (Å²) in [6.07, 6.45) is 4.79. The number of hydrogen-bond donors (Lipinski definition) is 1. The molecule has 0 spiro atoms. The van der Waals surface area contributed by atoms with Crippen LogP contribution in [0.25, 0.3) is 0 Å². The van der Waals surface area contributed by atoms with E-state index < -0.39 is 6.10 Å². The molecule has 2 unspecified atom stereocenters. The Balaban J connectivity index is 2.11. The number of aliphatic hydroxyl groups excluding tert-OH is 1. The predicted molar refractivity (Wildman–Crippen MR) is 66.8 cm³/mol. The maximum Gasteiger partial charge on any atom is 0.258 e. The highest BCUT2D eigenvalue weighted by atomic mass is 79.9. The van der Waals surface area contributed by atoms with E-state index in [0.29, 0.717) is 10.2 Å². The van der Waals surface area contributed by atoms with E-state index in [2.05, 4.69) is 15.9 Å². The van der Waals surface area contributed by atoms with Gasteiger partial charge in [-0.05, 0) is 34.8 Å². The molecule has 0 saturated heterocycles. The van der Waals surface area contributed by atoms with Crippen molar-refractivity contribution in [2.45, 2.75) is 37.8 Å². The van der Waals surface area contributed by atoms with Gasteiger partial charge in [-0.1, -0.05) is 12.8 Å². The van der Waals surface area contributed by atoms with Gasteiger partial charge in [0.15, 0.2) is 4.67 Å². The van der Waals surface area contributed by atoms with E-state index >= 15 is 0 Å². The summed E-state index contributed by atoms with van der Waals surface area (Å²) >= 11 is 3.20. The molecule has 0 aromatic carbocycles. The van der Waals surface area contributed by atoms with Gasteiger partial charge in [0, 0.05) is 7.05 Å². The Bertz CT molecular complexity index is 404. The minimum Gasteiger partial charge on any atom is -0.457 e. The van der Waals surface area contributed by atoms with Crippen molar-refractivity contribution in [2.75, 3.05) is 7.05 Å². The Morgan fingerprint density at radius 3 is 2.82 bits per heavy atom. The van der Waals surface area contributed by atoms with E-state index in [1.54, 1.807) is 18.0 Å². The van der Waals surface area contributed by atoms with E-state index in [9.17, 15) is 9.90 Å². The van der Waals surface area contributed by atoms with E-state index in [1.165, 1.54) is 6.26 Å². The van der Waals surface area contributed by atoms with Gasteiger partial charge in [0.2, 0.25) is 0 Å². The number of aliphatic hydroxyl groups is 1. The summed E-state index contributed by atoms with van der Waals surface area (Å²) in [7, 11) is 1.74. The lowest BCUT2D eigenvalue weighted by Crippen LogP contribution is -2.46. The maximum atomic E-state index is 12.2. The van der Waals surface area contributed by atoms with Gasteiger partial charge < -0.3 is 14.4 Å². The van der Waals surface area contributed by atoms with Crippen molar-refractivity contribution in [3.8, 4) is 0 Å². The van der Waals surface area contributed by atoms with Crippen molar-refractivity contribution in [3.05, 3.63) is 22.6 Å². The Morgan fingerprint density at radius 2 is 2.24 bits per heavy atom. The lowest BCUT2D eigenvalue weighted by molar-refractivity contribution is 0.0267. The van der Waals surface area contributed by atoms with Crippen LogP contribution >= 0.6 is 15.9 Å². The largest absolute Gasteiger partial charge is 0.457 e. The molecule has 1 N–H and O–H groups in total. The third kappa shape index (κ3) is 2.55. The quantitative estimate of drug-likeness (QED) is 0.913. The summed E-state index contributed by atoms with van der Waals surface area (Å²) in [6.45, 7) is 0. The molecule has 1 heterocycles. The SMILES string of the molecule is CN(C(=O)c1ccoc1Br)C1CCCCC1O. The molecule has 1 aliphatic carbocycles. The van der Waals surface area contributed by atoms with Crippen LogP contribution in [0.5, 0.6) is 0 Å². The standard InChI is InChI=1S/C12H16BrNO3/c1-14(9-4-2-3-5-10(9)15)12(16)8-6-7-17-11(8)13/h6-7,9-10,15H,2-5H2,1H3. The number of carbonyl (C=O) groups excluding carboxylic acids is 1. The van der Waals surface area contributed by atoms with Crippen molar-refractivity contribution in [1.82, 2.24) is 4.90 Å². The highest BCUT2D eigenvalue weighted by Crippen LogP contribution is 2.25. The molecule has 1 aromatic heterocycles. The topological polar surface area (TPSA) is 53.7 Å². The van der Waals surface area contributed by atoms with Gasteiger partial charge in [-0.25, -0.2) is 0 Å². The summed E-state index contributed by atoms with van der Waals surface area (Å²) in [5.41, 5.74) is 0.505. The summed E-state index contributed by atoms with van der Waals surface area (Å²) in [5, 5.41) is 9.93. The van der Waals surface area contributed by atoms with Gasteiger partial charge in [-0.15, -0.1) is 0 Å². The summed E-state index contributed by atoms with van der Waals surface area (Å²) in [4.78, 5) is 13.8. The average Bonchev–Trinajstić information content (AvgIpc) is 2.74. The molecule has 2 rings (SSSR count). The smallest absolute Gasteiger partial charge is 0.258 e. The number of halogens is 1. The van der Waals surface area contributed by atoms with Crippen LogP contribution in [0.15, 0.2) is 21.4 Å². The highest BCUT2D eigenvalue weighted by Gasteiger charge is 2.30. The highest BCUT2D eigenvalue weighted by molar-refractivity contribution is 9.10. The first-order chi connectivity index (χ1) is 8.11. The van der Waals surface area contributed by atoms with Gasteiger partial charge >= 0.3 is 0 Å². The second-order valence-electron chi connectivity index (χ2n) is 4.44. The molecule has 2 atom stereocenters. The first-order valence-corrected chi connectivity index (χ1v) is 6.58. The first kappa shape index (κ1) is 12.6. The van der Waals surface area contributed by atoms with Crippen molar-refractivity contribution in [3.63, 3.8) is 0 Å². The summed E-state index contributed by atoms with van der Waals surface area (Å²) in [6, 6.07) is 1.55. The van der Waals surface area contributed by atoms with Gasteiger partial charge in [0.05, 0.1) is 24.0 Å². The Kier molecular flexibility index (Phi) is 3.89. The minimum absolute atomic E-state index is 0.0851.